The number of hydrogen-bond acceptors (Lipinski definition) is 3. The number of rotatable bonds is 6. The Balaban J connectivity index is 1.91. The van der Waals surface area contributed by atoms with Gasteiger partial charge in [-0.05, 0) is 18.7 Å². The first-order chi connectivity index (χ1) is 9.69. The van der Waals surface area contributed by atoms with E-state index in [1.165, 1.54) is 0 Å². The standard InChI is InChI=1S/C14H17ClN4O/c1-2-16-7-11-8-19(10-17-11)9-14(20)18-13-6-4-3-5-12(13)15/h3-6,8,10,16H,2,7,9H2,1H3,(H,18,20). The summed E-state index contributed by atoms with van der Waals surface area (Å²) < 4.78 is 1.75. The van der Waals surface area contributed by atoms with Crippen molar-refractivity contribution in [3.63, 3.8) is 0 Å². The van der Waals surface area contributed by atoms with E-state index in [0.717, 1.165) is 12.2 Å². The average Bonchev–Trinajstić information content (AvgIpc) is 2.86. The van der Waals surface area contributed by atoms with Gasteiger partial charge in [0.15, 0.2) is 0 Å². The van der Waals surface area contributed by atoms with Crippen molar-refractivity contribution >= 4 is 23.2 Å². The molecule has 6 heteroatoms. The molecule has 1 amide bonds. The summed E-state index contributed by atoms with van der Waals surface area (Å²) in [5.41, 5.74) is 1.53. The van der Waals surface area contributed by atoms with Crippen molar-refractivity contribution in [1.29, 1.82) is 0 Å². The lowest BCUT2D eigenvalue weighted by atomic mass is 10.3. The number of hydrogen-bond donors (Lipinski definition) is 2. The Bertz CT molecular complexity index is 582. The number of aromatic nitrogens is 2. The second-order valence-corrected chi connectivity index (χ2v) is 4.75. The highest BCUT2D eigenvalue weighted by molar-refractivity contribution is 6.33. The third-order valence-electron chi connectivity index (χ3n) is 2.72. The molecule has 0 aliphatic carbocycles. The highest BCUT2D eigenvalue weighted by atomic mass is 35.5. The number of imidazole rings is 1. The van der Waals surface area contributed by atoms with Crippen LogP contribution in [0.25, 0.3) is 0 Å². The minimum absolute atomic E-state index is 0.134. The molecule has 0 bridgehead atoms. The summed E-state index contributed by atoms with van der Waals surface area (Å²) in [5, 5.41) is 6.49. The zero-order chi connectivity index (χ0) is 14.4. The quantitative estimate of drug-likeness (QED) is 0.859. The van der Waals surface area contributed by atoms with Crippen LogP contribution in [0.15, 0.2) is 36.8 Å². The minimum atomic E-state index is -0.134. The maximum absolute atomic E-state index is 11.9. The lowest BCUT2D eigenvalue weighted by molar-refractivity contribution is -0.116. The van der Waals surface area contributed by atoms with Gasteiger partial charge >= 0.3 is 0 Å². The second kappa shape index (κ2) is 7.07. The van der Waals surface area contributed by atoms with E-state index >= 15 is 0 Å². The van der Waals surface area contributed by atoms with Gasteiger partial charge in [-0.1, -0.05) is 30.7 Å². The molecule has 2 rings (SSSR count). The maximum atomic E-state index is 11.9. The van der Waals surface area contributed by atoms with Gasteiger partial charge in [-0.3, -0.25) is 4.79 Å². The Morgan fingerprint density at radius 2 is 2.20 bits per heavy atom. The van der Waals surface area contributed by atoms with E-state index in [-0.39, 0.29) is 12.5 Å². The first-order valence-electron chi connectivity index (χ1n) is 6.44. The molecular formula is C14H17ClN4O. The van der Waals surface area contributed by atoms with Gasteiger partial charge in [-0.2, -0.15) is 0 Å². The topological polar surface area (TPSA) is 59.0 Å². The van der Waals surface area contributed by atoms with Crippen LogP contribution < -0.4 is 10.6 Å². The number of halogens is 1. The molecule has 1 aromatic heterocycles. The second-order valence-electron chi connectivity index (χ2n) is 4.35. The van der Waals surface area contributed by atoms with Gasteiger partial charge in [0.2, 0.25) is 5.91 Å². The first-order valence-corrected chi connectivity index (χ1v) is 6.82. The number of anilines is 1. The van der Waals surface area contributed by atoms with Gasteiger partial charge in [-0.15, -0.1) is 0 Å². The van der Waals surface area contributed by atoms with Crippen LogP contribution in [0.1, 0.15) is 12.6 Å². The SMILES string of the molecule is CCNCc1cn(CC(=O)Nc2ccccc2Cl)cn1. The number of benzene rings is 1. The minimum Gasteiger partial charge on any atom is -0.328 e. The molecule has 0 unspecified atom stereocenters. The Labute approximate surface area is 123 Å². The zero-order valence-electron chi connectivity index (χ0n) is 11.3. The molecule has 20 heavy (non-hydrogen) atoms. The summed E-state index contributed by atoms with van der Waals surface area (Å²) in [7, 11) is 0. The van der Waals surface area contributed by atoms with E-state index in [4.69, 9.17) is 11.6 Å². The number of para-hydroxylation sites is 1. The van der Waals surface area contributed by atoms with Crippen molar-refractivity contribution in [2.24, 2.45) is 0 Å². The van der Waals surface area contributed by atoms with Crippen LogP contribution in [-0.4, -0.2) is 22.0 Å². The average molecular weight is 293 g/mol. The van der Waals surface area contributed by atoms with E-state index < -0.39 is 0 Å². The summed E-state index contributed by atoms with van der Waals surface area (Å²) in [6.45, 7) is 3.84. The monoisotopic (exact) mass is 292 g/mol. The van der Waals surface area contributed by atoms with Crippen LogP contribution in [0, 0.1) is 0 Å². The van der Waals surface area contributed by atoms with Crippen LogP contribution in [-0.2, 0) is 17.9 Å². The molecule has 0 fully saturated rings. The van der Waals surface area contributed by atoms with E-state index in [2.05, 4.69) is 15.6 Å². The molecule has 0 atom stereocenters. The van der Waals surface area contributed by atoms with Crippen molar-refractivity contribution in [3.05, 3.63) is 47.5 Å². The smallest absolute Gasteiger partial charge is 0.244 e. The largest absolute Gasteiger partial charge is 0.328 e. The lowest BCUT2D eigenvalue weighted by Crippen LogP contribution is -2.18. The number of nitrogens with one attached hydrogen (secondary N) is 2. The molecule has 5 nitrogen and oxygen atoms in total. The third kappa shape index (κ3) is 4.08. The lowest BCUT2D eigenvalue weighted by Gasteiger charge is -2.07. The Kier molecular flexibility index (Phi) is 5.15. The third-order valence-corrected chi connectivity index (χ3v) is 3.05. The molecule has 106 valence electrons. The molecule has 0 aliphatic heterocycles. The van der Waals surface area contributed by atoms with Crippen molar-refractivity contribution in [3.8, 4) is 0 Å². The zero-order valence-corrected chi connectivity index (χ0v) is 12.0. The van der Waals surface area contributed by atoms with E-state index in [9.17, 15) is 4.79 Å². The molecular weight excluding hydrogens is 276 g/mol. The summed E-state index contributed by atoms with van der Waals surface area (Å²) in [4.78, 5) is 16.1. The molecule has 0 aliphatic rings. The fraction of sp³-hybridized carbons (Fsp3) is 0.286. The fourth-order valence-electron chi connectivity index (χ4n) is 1.76. The highest BCUT2D eigenvalue weighted by Gasteiger charge is 2.07. The summed E-state index contributed by atoms with van der Waals surface area (Å²) in [5.74, 6) is -0.134. The summed E-state index contributed by atoms with van der Waals surface area (Å²) in [6.07, 6.45) is 3.51. The van der Waals surface area contributed by atoms with Gasteiger partial charge in [0.1, 0.15) is 6.54 Å². The predicted octanol–water partition coefficient (Wildman–Crippen LogP) is 2.28. The van der Waals surface area contributed by atoms with Gasteiger partial charge in [-0.25, -0.2) is 4.98 Å². The van der Waals surface area contributed by atoms with Gasteiger partial charge in [0.05, 0.1) is 22.7 Å². The van der Waals surface area contributed by atoms with E-state index in [1.807, 2.05) is 25.3 Å². The van der Waals surface area contributed by atoms with Gasteiger partial charge in [0.25, 0.3) is 0 Å². The van der Waals surface area contributed by atoms with Crippen LogP contribution in [0.5, 0.6) is 0 Å². The van der Waals surface area contributed by atoms with E-state index in [1.54, 1.807) is 23.0 Å². The normalized spacial score (nSPS) is 10.5. The van der Waals surface area contributed by atoms with Crippen LogP contribution >= 0.6 is 11.6 Å². The summed E-state index contributed by atoms with van der Waals surface area (Å²) in [6, 6.07) is 7.15. The number of carbonyl (C=O) groups is 1. The molecule has 0 radical (unpaired) electrons. The van der Waals surface area contributed by atoms with Crippen molar-refractivity contribution in [2.45, 2.75) is 20.0 Å². The van der Waals surface area contributed by atoms with Gasteiger partial charge in [0, 0.05) is 12.7 Å². The Morgan fingerprint density at radius 3 is 2.95 bits per heavy atom. The Morgan fingerprint density at radius 1 is 1.40 bits per heavy atom. The molecule has 0 spiro atoms. The molecule has 0 saturated carbocycles. The van der Waals surface area contributed by atoms with Crippen LogP contribution in [0.4, 0.5) is 5.69 Å². The van der Waals surface area contributed by atoms with Crippen LogP contribution in [0.3, 0.4) is 0 Å². The number of nitrogens with zero attached hydrogens (tertiary/aromatic N) is 2. The van der Waals surface area contributed by atoms with Crippen molar-refractivity contribution < 1.29 is 4.79 Å². The first kappa shape index (κ1) is 14.6. The molecule has 2 N–H and O–H groups in total. The fourth-order valence-corrected chi connectivity index (χ4v) is 1.94. The van der Waals surface area contributed by atoms with Gasteiger partial charge < -0.3 is 15.2 Å². The molecule has 1 heterocycles. The van der Waals surface area contributed by atoms with Crippen molar-refractivity contribution in [1.82, 2.24) is 14.9 Å². The summed E-state index contributed by atoms with van der Waals surface area (Å²) >= 11 is 5.99. The van der Waals surface area contributed by atoms with Crippen molar-refractivity contribution in [2.75, 3.05) is 11.9 Å². The highest BCUT2D eigenvalue weighted by Crippen LogP contribution is 2.20. The van der Waals surface area contributed by atoms with E-state index in [0.29, 0.717) is 17.3 Å². The number of amides is 1. The predicted molar refractivity (Wildman–Crippen MR) is 79.7 cm³/mol. The van der Waals surface area contributed by atoms with Crippen LogP contribution in [0.2, 0.25) is 5.02 Å². The molecule has 1 aromatic carbocycles. The molecule has 2 aromatic rings. The molecule has 0 saturated heterocycles. The Hall–Kier alpha value is -1.85. The maximum Gasteiger partial charge on any atom is 0.244 e. The number of carbonyl (C=O) groups excluding carboxylic acids is 1.